The van der Waals surface area contributed by atoms with Crippen LogP contribution < -0.4 is 15.4 Å². The molecule has 1 aliphatic rings. The number of imide groups is 1. The third-order valence-corrected chi connectivity index (χ3v) is 4.31. The monoisotopic (exact) mass is 391 g/mol. The highest BCUT2D eigenvalue weighted by molar-refractivity contribution is 6.36. The van der Waals surface area contributed by atoms with Crippen LogP contribution in [0, 0.1) is 0 Å². The first-order valence-corrected chi connectivity index (χ1v) is 8.95. The second kappa shape index (κ2) is 8.43. The van der Waals surface area contributed by atoms with Crippen molar-refractivity contribution >= 4 is 34.7 Å². The molecule has 0 saturated carbocycles. The van der Waals surface area contributed by atoms with Crippen molar-refractivity contribution in [3.8, 4) is 5.75 Å². The van der Waals surface area contributed by atoms with Crippen LogP contribution in [-0.2, 0) is 14.4 Å². The van der Waals surface area contributed by atoms with Gasteiger partial charge < -0.3 is 15.4 Å². The van der Waals surface area contributed by atoms with Crippen LogP contribution >= 0.6 is 0 Å². The van der Waals surface area contributed by atoms with Gasteiger partial charge in [-0.2, -0.15) is 0 Å². The van der Waals surface area contributed by atoms with Crippen molar-refractivity contribution in [3.05, 3.63) is 72.4 Å². The minimum atomic E-state index is -0.432. The summed E-state index contributed by atoms with van der Waals surface area (Å²) in [7, 11) is 1.55. The quantitative estimate of drug-likeness (QED) is 0.560. The zero-order valence-corrected chi connectivity index (χ0v) is 16.2. The number of benzene rings is 2. The molecule has 3 amide bonds. The Hall–Kier alpha value is -3.87. The largest absolute Gasteiger partial charge is 0.497 e. The topological polar surface area (TPSA) is 87.7 Å². The van der Waals surface area contributed by atoms with Crippen molar-refractivity contribution in [2.45, 2.75) is 6.92 Å². The maximum Gasteiger partial charge on any atom is 0.278 e. The van der Waals surface area contributed by atoms with E-state index in [1.807, 2.05) is 0 Å². The number of nitrogens with one attached hydrogen (secondary N) is 2. The van der Waals surface area contributed by atoms with E-state index in [2.05, 4.69) is 17.2 Å². The molecule has 0 fully saturated rings. The molecule has 1 aliphatic heterocycles. The maximum absolute atomic E-state index is 13.0. The van der Waals surface area contributed by atoms with Crippen LogP contribution in [0.15, 0.2) is 66.9 Å². The highest BCUT2D eigenvalue weighted by Crippen LogP contribution is 2.31. The Labute approximate surface area is 168 Å². The molecule has 7 nitrogen and oxygen atoms in total. The Morgan fingerprint density at radius 1 is 1.10 bits per heavy atom. The van der Waals surface area contributed by atoms with Gasteiger partial charge in [-0.3, -0.25) is 19.3 Å². The molecular weight excluding hydrogens is 370 g/mol. The minimum Gasteiger partial charge on any atom is -0.497 e. The number of amides is 3. The summed E-state index contributed by atoms with van der Waals surface area (Å²) in [6.07, 6.45) is 1.50. The van der Waals surface area contributed by atoms with Gasteiger partial charge in [-0.1, -0.05) is 24.3 Å². The molecule has 0 atom stereocenters. The predicted octanol–water partition coefficient (Wildman–Crippen LogP) is 3.03. The van der Waals surface area contributed by atoms with Crippen LogP contribution in [0.2, 0.25) is 0 Å². The van der Waals surface area contributed by atoms with Crippen molar-refractivity contribution in [2.75, 3.05) is 24.3 Å². The first-order chi connectivity index (χ1) is 13.9. The van der Waals surface area contributed by atoms with Gasteiger partial charge >= 0.3 is 0 Å². The summed E-state index contributed by atoms with van der Waals surface area (Å²) in [6.45, 7) is 5.14. The Morgan fingerprint density at radius 2 is 1.83 bits per heavy atom. The Bertz CT molecular complexity index is 1010. The summed E-state index contributed by atoms with van der Waals surface area (Å²) in [6, 6.07) is 13.8. The lowest BCUT2D eigenvalue weighted by Gasteiger charge is -2.12. The van der Waals surface area contributed by atoms with Gasteiger partial charge in [0.2, 0.25) is 5.91 Å². The van der Waals surface area contributed by atoms with Gasteiger partial charge in [0.15, 0.2) is 0 Å². The number of hydrogen-bond donors (Lipinski definition) is 2. The van der Waals surface area contributed by atoms with E-state index in [9.17, 15) is 14.4 Å². The molecule has 2 aromatic carbocycles. The van der Waals surface area contributed by atoms with E-state index in [0.29, 0.717) is 22.7 Å². The van der Waals surface area contributed by atoms with Crippen molar-refractivity contribution < 1.29 is 19.1 Å². The van der Waals surface area contributed by atoms with E-state index < -0.39 is 11.8 Å². The Kier molecular flexibility index (Phi) is 5.78. The number of ether oxygens (including phenoxy) is 1. The SMILES string of the molecule is C=CCN1C(=O)C(Nc2cccc(OC)c2)=C(c2ccc(NC(C)=O)cc2)C1=O. The third-order valence-electron chi connectivity index (χ3n) is 4.31. The first-order valence-electron chi connectivity index (χ1n) is 8.95. The number of hydrogen-bond acceptors (Lipinski definition) is 5. The normalized spacial score (nSPS) is 13.5. The fraction of sp³-hybridized carbons (Fsp3) is 0.136. The van der Waals surface area contributed by atoms with Gasteiger partial charge in [0.25, 0.3) is 11.8 Å². The van der Waals surface area contributed by atoms with E-state index in [1.54, 1.807) is 55.6 Å². The molecule has 3 rings (SSSR count). The molecular formula is C22H21N3O4. The zero-order valence-electron chi connectivity index (χ0n) is 16.2. The lowest BCUT2D eigenvalue weighted by molar-refractivity contribution is -0.136. The molecule has 29 heavy (non-hydrogen) atoms. The molecule has 0 bridgehead atoms. The molecule has 7 heteroatoms. The van der Waals surface area contributed by atoms with E-state index in [4.69, 9.17) is 4.74 Å². The average Bonchev–Trinajstić information content (AvgIpc) is 2.93. The average molecular weight is 391 g/mol. The summed E-state index contributed by atoms with van der Waals surface area (Å²) in [4.78, 5) is 38.2. The summed E-state index contributed by atoms with van der Waals surface area (Å²) in [5.41, 5.74) is 2.22. The van der Waals surface area contributed by atoms with E-state index in [0.717, 1.165) is 4.90 Å². The molecule has 0 unspecified atom stereocenters. The molecule has 148 valence electrons. The number of carbonyl (C=O) groups excluding carboxylic acids is 3. The Morgan fingerprint density at radius 3 is 2.45 bits per heavy atom. The second-order valence-electron chi connectivity index (χ2n) is 6.38. The van der Waals surface area contributed by atoms with Gasteiger partial charge in [-0.05, 0) is 29.8 Å². The molecule has 0 saturated heterocycles. The van der Waals surface area contributed by atoms with Gasteiger partial charge in [0, 0.05) is 30.9 Å². The van der Waals surface area contributed by atoms with Crippen molar-refractivity contribution in [3.63, 3.8) is 0 Å². The lowest BCUT2D eigenvalue weighted by Crippen LogP contribution is -2.32. The molecule has 0 aromatic heterocycles. The van der Waals surface area contributed by atoms with Crippen LogP contribution in [0.1, 0.15) is 12.5 Å². The number of carbonyl (C=O) groups is 3. The van der Waals surface area contributed by atoms with Gasteiger partial charge in [0.1, 0.15) is 11.4 Å². The van der Waals surface area contributed by atoms with E-state index in [1.165, 1.54) is 13.0 Å². The zero-order chi connectivity index (χ0) is 21.0. The molecule has 0 aliphatic carbocycles. The van der Waals surface area contributed by atoms with Crippen molar-refractivity contribution in [1.29, 1.82) is 0 Å². The summed E-state index contributed by atoms with van der Waals surface area (Å²) < 4.78 is 5.22. The standard InChI is InChI=1S/C22H21N3O4/c1-4-12-25-21(27)19(15-8-10-16(11-9-15)23-14(2)26)20(22(25)28)24-17-6-5-7-18(13-17)29-3/h4-11,13,24H,1,12H2,2-3H3,(H,23,26). The van der Waals surface area contributed by atoms with Crippen molar-refractivity contribution in [2.24, 2.45) is 0 Å². The molecule has 2 N–H and O–H groups in total. The maximum atomic E-state index is 13.0. The van der Waals surface area contributed by atoms with E-state index >= 15 is 0 Å². The highest BCUT2D eigenvalue weighted by atomic mass is 16.5. The fourth-order valence-electron chi connectivity index (χ4n) is 3.02. The molecule has 2 aromatic rings. The molecule has 0 spiro atoms. The Balaban J connectivity index is 2.03. The van der Waals surface area contributed by atoms with Crippen LogP contribution in [0.5, 0.6) is 5.75 Å². The van der Waals surface area contributed by atoms with Crippen LogP contribution in [0.3, 0.4) is 0 Å². The van der Waals surface area contributed by atoms with Crippen LogP contribution in [0.25, 0.3) is 5.57 Å². The summed E-state index contributed by atoms with van der Waals surface area (Å²) in [5, 5.41) is 5.74. The minimum absolute atomic E-state index is 0.106. The number of nitrogens with zero attached hydrogens (tertiary/aromatic N) is 1. The smallest absolute Gasteiger partial charge is 0.278 e. The molecule has 1 heterocycles. The molecule has 0 radical (unpaired) electrons. The lowest BCUT2D eigenvalue weighted by atomic mass is 10.0. The first kappa shape index (κ1) is 19.9. The second-order valence-corrected chi connectivity index (χ2v) is 6.38. The number of rotatable bonds is 7. The van der Waals surface area contributed by atoms with E-state index in [-0.39, 0.29) is 23.7 Å². The predicted molar refractivity (Wildman–Crippen MR) is 111 cm³/mol. The number of methoxy groups -OCH3 is 1. The number of anilines is 2. The summed E-state index contributed by atoms with van der Waals surface area (Å²) >= 11 is 0. The van der Waals surface area contributed by atoms with Crippen LogP contribution in [0.4, 0.5) is 11.4 Å². The highest BCUT2D eigenvalue weighted by Gasteiger charge is 2.38. The van der Waals surface area contributed by atoms with Gasteiger partial charge in [-0.25, -0.2) is 0 Å². The third kappa shape index (κ3) is 4.19. The van der Waals surface area contributed by atoms with Gasteiger partial charge in [-0.15, -0.1) is 6.58 Å². The van der Waals surface area contributed by atoms with Crippen LogP contribution in [-0.4, -0.2) is 36.3 Å². The fourth-order valence-corrected chi connectivity index (χ4v) is 3.02. The van der Waals surface area contributed by atoms with Crippen molar-refractivity contribution in [1.82, 2.24) is 4.90 Å². The summed E-state index contributed by atoms with van der Waals surface area (Å²) in [5.74, 6) is -0.413. The van der Waals surface area contributed by atoms with Gasteiger partial charge in [0.05, 0.1) is 12.7 Å².